The molecule has 1 saturated carbocycles. The van der Waals surface area contributed by atoms with Crippen LogP contribution in [0.1, 0.15) is 12.8 Å². The Bertz CT molecular complexity index is 461. The third-order valence-corrected chi connectivity index (χ3v) is 4.37. The molecule has 5 heteroatoms. The van der Waals surface area contributed by atoms with Gasteiger partial charge in [0.15, 0.2) is 0 Å². The van der Waals surface area contributed by atoms with E-state index in [0.29, 0.717) is 12.5 Å². The standard InChI is InChI=1S/C15H22N2O2S/c1-17(9-11-7-12(18)8-11)10-15(19)16-13-5-3-4-6-14(13)20-2/h3-6,11-12,18H,7-10H2,1-2H3,(H,16,19). The van der Waals surface area contributed by atoms with Gasteiger partial charge in [0.25, 0.3) is 0 Å². The number of aliphatic hydroxyl groups excluding tert-OH is 1. The number of aliphatic hydroxyl groups is 1. The fourth-order valence-corrected chi connectivity index (χ4v) is 3.09. The van der Waals surface area contributed by atoms with E-state index in [1.807, 2.05) is 42.5 Å². The molecule has 0 bridgehead atoms. The zero-order valence-electron chi connectivity index (χ0n) is 12.0. The molecule has 1 aromatic carbocycles. The van der Waals surface area contributed by atoms with E-state index in [0.717, 1.165) is 30.0 Å². The van der Waals surface area contributed by atoms with Crippen LogP contribution in [0.4, 0.5) is 5.69 Å². The zero-order chi connectivity index (χ0) is 14.5. The van der Waals surface area contributed by atoms with E-state index in [-0.39, 0.29) is 12.0 Å². The summed E-state index contributed by atoms with van der Waals surface area (Å²) in [5.74, 6) is 0.537. The summed E-state index contributed by atoms with van der Waals surface area (Å²) in [7, 11) is 1.95. The van der Waals surface area contributed by atoms with Crippen molar-refractivity contribution in [3.8, 4) is 0 Å². The van der Waals surface area contributed by atoms with E-state index in [2.05, 4.69) is 5.32 Å². The van der Waals surface area contributed by atoms with Crippen molar-refractivity contribution < 1.29 is 9.90 Å². The van der Waals surface area contributed by atoms with Crippen molar-refractivity contribution in [2.45, 2.75) is 23.8 Å². The summed E-state index contributed by atoms with van der Waals surface area (Å²) in [6, 6.07) is 7.82. The summed E-state index contributed by atoms with van der Waals surface area (Å²) in [4.78, 5) is 15.1. The van der Waals surface area contributed by atoms with E-state index in [4.69, 9.17) is 0 Å². The minimum Gasteiger partial charge on any atom is -0.393 e. The predicted molar refractivity (Wildman–Crippen MR) is 83.1 cm³/mol. The van der Waals surface area contributed by atoms with Gasteiger partial charge in [0.1, 0.15) is 0 Å². The van der Waals surface area contributed by atoms with Crippen molar-refractivity contribution >= 4 is 23.4 Å². The maximum absolute atomic E-state index is 12.0. The number of amides is 1. The van der Waals surface area contributed by atoms with Crippen molar-refractivity contribution in [2.24, 2.45) is 5.92 Å². The van der Waals surface area contributed by atoms with Crippen LogP contribution in [0.2, 0.25) is 0 Å². The van der Waals surface area contributed by atoms with Crippen LogP contribution in [-0.2, 0) is 4.79 Å². The molecule has 1 aromatic rings. The Morgan fingerprint density at radius 3 is 2.80 bits per heavy atom. The number of nitrogens with one attached hydrogen (secondary N) is 1. The summed E-state index contributed by atoms with van der Waals surface area (Å²) < 4.78 is 0. The number of hydrogen-bond acceptors (Lipinski definition) is 4. The normalized spacial score (nSPS) is 21.6. The third-order valence-electron chi connectivity index (χ3n) is 3.58. The maximum atomic E-state index is 12.0. The van der Waals surface area contributed by atoms with Gasteiger partial charge in [-0.05, 0) is 44.2 Å². The van der Waals surface area contributed by atoms with Crippen molar-refractivity contribution in [2.75, 3.05) is 31.7 Å². The molecule has 4 nitrogen and oxygen atoms in total. The predicted octanol–water partition coefficient (Wildman–Crippen LogP) is 2.05. The molecule has 20 heavy (non-hydrogen) atoms. The van der Waals surface area contributed by atoms with Crippen molar-refractivity contribution in [1.82, 2.24) is 4.90 Å². The first-order valence-corrected chi connectivity index (χ1v) is 8.10. The Labute approximate surface area is 124 Å². The largest absolute Gasteiger partial charge is 0.393 e. The maximum Gasteiger partial charge on any atom is 0.238 e. The molecule has 0 heterocycles. The lowest BCUT2D eigenvalue weighted by molar-refractivity contribution is -0.117. The van der Waals surface area contributed by atoms with Crippen LogP contribution in [0.15, 0.2) is 29.2 Å². The molecule has 0 atom stereocenters. The van der Waals surface area contributed by atoms with Gasteiger partial charge in [-0.2, -0.15) is 0 Å². The lowest BCUT2D eigenvalue weighted by Crippen LogP contribution is -2.39. The minimum absolute atomic E-state index is 0.00821. The number of para-hydroxylation sites is 1. The molecule has 0 radical (unpaired) electrons. The molecule has 0 aromatic heterocycles. The Morgan fingerprint density at radius 1 is 1.45 bits per heavy atom. The van der Waals surface area contributed by atoms with E-state index in [1.165, 1.54) is 0 Å². The van der Waals surface area contributed by atoms with Gasteiger partial charge in [-0.3, -0.25) is 9.69 Å². The molecule has 2 rings (SSSR count). The van der Waals surface area contributed by atoms with Crippen molar-refractivity contribution in [1.29, 1.82) is 0 Å². The molecule has 0 saturated heterocycles. The van der Waals surface area contributed by atoms with Crippen LogP contribution in [0, 0.1) is 5.92 Å². The molecule has 0 unspecified atom stereocenters. The van der Waals surface area contributed by atoms with E-state index < -0.39 is 0 Å². The molecular weight excluding hydrogens is 272 g/mol. The van der Waals surface area contributed by atoms with Crippen LogP contribution in [0.25, 0.3) is 0 Å². The van der Waals surface area contributed by atoms with Crippen molar-refractivity contribution in [3.05, 3.63) is 24.3 Å². The molecule has 1 amide bonds. The number of benzene rings is 1. The summed E-state index contributed by atoms with van der Waals surface area (Å²) in [5, 5.41) is 12.2. The first-order chi connectivity index (χ1) is 9.58. The summed E-state index contributed by atoms with van der Waals surface area (Å²) in [6.07, 6.45) is 3.59. The summed E-state index contributed by atoms with van der Waals surface area (Å²) >= 11 is 1.62. The lowest BCUT2D eigenvalue weighted by Gasteiger charge is -2.34. The van der Waals surface area contributed by atoms with Crippen LogP contribution >= 0.6 is 11.8 Å². The lowest BCUT2D eigenvalue weighted by atomic mass is 9.82. The molecule has 110 valence electrons. The monoisotopic (exact) mass is 294 g/mol. The number of thioether (sulfide) groups is 1. The minimum atomic E-state index is -0.129. The second-order valence-electron chi connectivity index (χ2n) is 5.44. The Kier molecular flexibility index (Phi) is 5.46. The SMILES string of the molecule is CSc1ccccc1NC(=O)CN(C)CC1CC(O)C1. The van der Waals surface area contributed by atoms with E-state index in [9.17, 15) is 9.90 Å². The topological polar surface area (TPSA) is 52.6 Å². The molecule has 2 N–H and O–H groups in total. The zero-order valence-corrected chi connectivity index (χ0v) is 12.8. The fraction of sp³-hybridized carbons (Fsp3) is 0.533. The van der Waals surface area contributed by atoms with Gasteiger partial charge in [-0.15, -0.1) is 11.8 Å². The smallest absolute Gasteiger partial charge is 0.238 e. The van der Waals surface area contributed by atoms with Crippen LogP contribution < -0.4 is 5.32 Å². The number of carbonyl (C=O) groups is 1. The van der Waals surface area contributed by atoms with Gasteiger partial charge in [-0.25, -0.2) is 0 Å². The number of rotatable bonds is 6. The molecule has 1 aliphatic rings. The van der Waals surface area contributed by atoms with Gasteiger partial charge < -0.3 is 10.4 Å². The van der Waals surface area contributed by atoms with Crippen LogP contribution in [0.3, 0.4) is 0 Å². The second-order valence-corrected chi connectivity index (χ2v) is 6.28. The Balaban J connectivity index is 1.79. The highest BCUT2D eigenvalue weighted by molar-refractivity contribution is 7.98. The fourth-order valence-electron chi connectivity index (χ4n) is 2.54. The first-order valence-electron chi connectivity index (χ1n) is 6.88. The van der Waals surface area contributed by atoms with Crippen LogP contribution in [0.5, 0.6) is 0 Å². The quantitative estimate of drug-likeness (QED) is 0.789. The highest BCUT2D eigenvalue weighted by atomic mass is 32.2. The first kappa shape index (κ1) is 15.4. The number of likely N-dealkylation sites (N-methyl/N-ethyl adjacent to an activating group) is 1. The van der Waals surface area contributed by atoms with Gasteiger partial charge in [0, 0.05) is 11.4 Å². The average Bonchev–Trinajstić information content (AvgIpc) is 2.37. The van der Waals surface area contributed by atoms with Gasteiger partial charge in [-0.1, -0.05) is 12.1 Å². The van der Waals surface area contributed by atoms with Crippen LogP contribution in [-0.4, -0.2) is 48.4 Å². The van der Waals surface area contributed by atoms with E-state index >= 15 is 0 Å². The van der Waals surface area contributed by atoms with Gasteiger partial charge in [0.2, 0.25) is 5.91 Å². The second kappa shape index (κ2) is 7.11. The van der Waals surface area contributed by atoms with Gasteiger partial charge in [0.05, 0.1) is 18.3 Å². The summed E-state index contributed by atoms with van der Waals surface area (Å²) in [5.41, 5.74) is 0.873. The Hall–Kier alpha value is -1.04. The number of hydrogen-bond donors (Lipinski definition) is 2. The summed E-state index contributed by atoms with van der Waals surface area (Å²) in [6.45, 7) is 1.25. The number of carbonyl (C=O) groups excluding carboxylic acids is 1. The highest BCUT2D eigenvalue weighted by Gasteiger charge is 2.28. The molecule has 1 fully saturated rings. The molecular formula is C15H22N2O2S. The molecule has 1 aliphatic carbocycles. The highest BCUT2D eigenvalue weighted by Crippen LogP contribution is 2.27. The number of nitrogens with zero attached hydrogens (tertiary/aromatic N) is 1. The molecule has 0 aliphatic heterocycles. The number of anilines is 1. The average molecular weight is 294 g/mol. The Morgan fingerprint density at radius 2 is 2.15 bits per heavy atom. The van der Waals surface area contributed by atoms with Crippen molar-refractivity contribution in [3.63, 3.8) is 0 Å². The van der Waals surface area contributed by atoms with Gasteiger partial charge >= 0.3 is 0 Å². The molecule has 0 spiro atoms. The third kappa shape index (κ3) is 4.23. The van der Waals surface area contributed by atoms with E-state index in [1.54, 1.807) is 11.8 Å².